The molecule has 1 aliphatic carbocycles. The van der Waals surface area contributed by atoms with Crippen molar-refractivity contribution in [3.05, 3.63) is 17.5 Å². The molecule has 1 aliphatic rings. The van der Waals surface area contributed by atoms with E-state index in [0.29, 0.717) is 5.92 Å². The van der Waals surface area contributed by atoms with Crippen LogP contribution in [-0.2, 0) is 19.9 Å². The Hall–Kier alpha value is -0.830. The molecular formula is C12H20N2O. The van der Waals surface area contributed by atoms with Gasteiger partial charge >= 0.3 is 0 Å². The topological polar surface area (TPSA) is 38.0 Å². The van der Waals surface area contributed by atoms with E-state index in [0.717, 1.165) is 31.4 Å². The Labute approximate surface area is 91.1 Å². The molecule has 0 amide bonds. The predicted octanol–water partition coefficient (Wildman–Crippen LogP) is 1.69. The number of nitrogens with zero attached hydrogens (tertiary/aromatic N) is 2. The van der Waals surface area contributed by atoms with Gasteiger partial charge in [0, 0.05) is 12.7 Å². The summed E-state index contributed by atoms with van der Waals surface area (Å²) in [5.41, 5.74) is 2.41. The fourth-order valence-corrected chi connectivity index (χ4v) is 2.46. The molecule has 1 saturated carbocycles. The first kappa shape index (κ1) is 10.7. The highest BCUT2D eigenvalue weighted by Gasteiger charge is 2.26. The van der Waals surface area contributed by atoms with Crippen molar-refractivity contribution in [1.82, 2.24) is 9.78 Å². The van der Waals surface area contributed by atoms with Crippen molar-refractivity contribution in [1.29, 1.82) is 0 Å². The number of hydrogen-bond donors (Lipinski definition) is 1. The van der Waals surface area contributed by atoms with Crippen molar-refractivity contribution in [3.8, 4) is 0 Å². The van der Waals surface area contributed by atoms with Gasteiger partial charge in [-0.2, -0.15) is 5.10 Å². The number of aryl methyl sites for hydroxylation is 2. The third-order valence-corrected chi connectivity index (χ3v) is 3.48. The van der Waals surface area contributed by atoms with Gasteiger partial charge in [0.15, 0.2) is 0 Å². The normalized spacial score (nSPS) is 26.1. The molecule has 0 radical (unpaired) electrons. The number of rotatable bonds is 3. The van der Waals surface area contributed by atoms with Crippen molar-refractivity contribution in [2.24, 2.45) is 13.0 Å². The van der Waals surface area contributed by atoms with Crippen LogP contribution in [0.4, 0.5) is 0 Å². The Kier molecular flexibility index (Phi) is 3.10. The van der Waals surface area contributed by atoms with Crippen molar-refractivity contribution in [2.45, 2.75) is 45.1 Å². The predicted molar refractivity (Wildman–Crippen MR) is 59.6 cm³/mol. The van der Waals surface area contributed by atoms with Crippen molar-refractivity contribution < 1.29 is 5.11 Å². The van der Waals surface area contributed by atoms with E-state index in [1.54, 1.807) is 0 Å². The van der Waals surface area contributed by atoms with Crippen molar-refractivity contribution in [2.75, 3.05) is 0 Å². The standard InChI is InChI=1S/C12H20N2O/c1-3-10-8-11(14(2)13-10)7-9-5-4-6-12(9)15/h8-9,12,15H,3-7H2,1-2H3. The second kappa shape index (κ2) is 4.35. The maximum absolute atomic E-state index is 9.78. The smallest absolute Gasteiger partial charge is 0.0624 e. The van der Waals surface area contributed by atoms with Gasteiger partial charge in [0.05, 0.1) is 11.8 Å². The van der Waals surface area contributed by atoms with Gasteiger partial charge in [-0.3, -0.25) is 4.68 Å². The second-order valence-electron chi connectivity index (χ2n) is 4.57. The number of aliphatic hydroxyl groups excluding tert-OH is 1. The van der Waals surface area contributed by atoms with Gasteiger partial charge in [-0.05, 0) is 37.7 Å². The third-order valence-electron chi connectivity index (χ3n) is 3.48. The molecule has 1 heterocycles. The number of hydrogen-bond acceptors (Lipinski definition) is 2. The maximum atomic E-state index is 9.78. The minimum absolute atomic E-state index is 0.0926. The van der Waals surface area contributed by atoms with Crippen LogP contribution in [0.5, 0.6) is 0 Å². The number of aliphatic hydroxyl groups is 1. The molecular weight excluding hydrogens is 188 g/mol. The first-order chi connectivity index (χ1) is 7.20. The number of aromatic nitrogens is 2. The van der Waals surface area contributed by atoms with Gasteiger partial charge in [0.25, 0.3) is 0 Å². The molecule has 2 unspecified atom stereocenters. The molecule has 84 valence electrons. The minimum Gasteiger partial charge on any atom is -0.393 e. The molecule has 3 heteroatoms. The lowest BCUT2D eigenvalue weighted by atomic mass is 9.99. The van der Waals surface area contributed by atoms with E-state index < -0.39 is 0 Å². The third kappa shape index (κ3) is 2.23. The fraction of sp³-hybridized carbons (Fsp3) is 0.750. The zero-order valence-corrected chi connectivity index (χ0v) is 9.61. The van der Waals surface area contributed by atoms with Crippen LogP contribution in [0.3, 0.4) is 0 Å². The van der Waals surface area contributed by atoms with Gasteiger partial charge in [-0.25, -0.2) is 0 Å². The summed E-state index contributed by atoms with van der Waals surface area (Å²) in [5.74, 6) is 0.449. The Balaban J connectivity index is 2.06. The van der Waals surface area contributed by atoms with Crippen molar-refractivity contribution >= 4 is 0 Å². The molecule has 0 saturated heterocycles. The summed E-state index contributed by atoms with van der Waals surface area (Å²) in [6.07, 6.45) is 5.18. The summed E-state index contributed by atoms with van der Waals surface area (Å²) < 4.78 is 1.96. The van der Waals surface area contributed by atoms with Crippen LogP contribution in [0, 0.1) is 5.92 Å². The highest BCUT2D eigenvalue weighted by molar-refractivity contribution is 5.11. The molecule has 2 rings (SSSR count). The highest BCUT2D eigenvalue weighted by atomic mass is 16.3. The molecule has 15 heavy (non-hydrogen) atoms. The van der Waals surface area contributed by atoms with Crippen LogP contribution in [0.15, 0.2) is 6.07 Å². The van der Waals surface area contributed by atoms with Crippen molar-refractivity contribution in [3.63, 3.8) is 0 Å². The summed E-state index contributed by atoms with van der Waals surface area (Å²) in [5, 5.41) is 14.2. The Morgan fingerprint density at radius 2 is 2.33 bits per heavy atom. The van der Waals surface area contributed by atoms with Crippen LogP contribution in [0.1, 0.15) is 37.6 Å². The van der Waals surface area contributed by atoms with Crippen LogP contribution in [-0.4, -0.2) is 21.0 Å². The van der Waals surface area contributed by atoms with Crippen LogP contribution < -0.4 is 0 Å². The average molecular weight is 208 g/mol. The zero-order chi connectivity index (χ0) is 10.8. The van der Waals surface area contributed by atoms with Crippen LogP contribution in [0.25, 0.3) is 0 Å². The maximum Gasteiger partial charge on any atom is 0.0624 e. The summed E-state index contributed by atoms with van der Waals surface area (Å²) in [7, 11) is 2.00. The summed E-state index contributed by atoms with van der Waals surface area (Å²) in [6, 6.07) is 2.17. The molecule has 1 aromatic rings. The lowest BCUT2D eigenvalue weighted by Gasteiger charge is -2.13. The summed E-state index contributed by atoms with van der Waals surface area (Å²) in [6.45, 7) is 2.12. The first-order valence-electron chi connectivity index (χ1n) is 5.90. The Bertz CT molecular complexity index is 332. The van der Waals surface area contributed by atoms with Gasteiger partial charge in [-0.15, -0.1) is 0 Å². The van der Waals surface area contributed by atoms with Crippen LogP contribution >= 0.6 is 0 Å². The monoisotopic (exact) mass is 208 g/mol. The van der Waals surface area contributed by atoms with Gasteiger partial charge in [0.2, 0.25) is 0 Å². The van der Waals surface area contributed by atoms with E-state index in [-0.39, 0.29) is 6.10 Å². The Morgan fingerprint density at radius 1 is 1.53 bits per heavy atom. The lowest BCUT2D eigenvalue weighted by Crippen LogP contribution is -2.17. The average Bonchev–Trinajstić information content (AvgIpc) is 2.76. The van der Waals surface area contributed by atoms with Gasteiger partial charge < -0.3 is 5.11 Å². The van der Waals surface area contributed by atoms with E-state index in [1.165, 1.54) is 12.1 Å². The van der Waals surface area contributed by atoms with E-state index in [4.69, 9.17) is 0 Å². The van der Waals surface area contributed by atoms with E-state index >= 15 is 0 Å². The summed E-state index contributed by atoms with van der Waals surface area (Å²) in [4.78, 5) is 0. The molecule has 1 N–H and O–H groups in total. The fourth-order valence-electron chi connectivity index (χ4n) is 2.46. The SMILES string of the molecule is CCc1cc(CC2CCCC2O)n(C)n1. The molecule has 0 aromatic carbocycles. The van der Waals surface area contributed by atoms with E-state index in [1.807, 2.05) is 11.7 Å². The highest BCUT2D eigenvalue weighted by Crippen LogP contribution is 2.28. The first-order valence-corrected chi connectivity index (χ1v) is 5.90. The van der Waals surface area contributed by atoms with Gasteiger partial charge in [0.1, 0.15) is 0 Å². The molecule has 0 aliphatic heterocycles. The van der Waals surface area contributed by atoms with Crippen LogP contribution in [0.2, 0.25) is 0 Å². The molecule has 0 bridgehead atoms. The summed E-state index contributed by atoms with van der Waals surface area (Å²) >= 11 is 0. The Morgan fingerprint density at radius 3 is 2.87 bits per heavy atom. The largest absolute Gasteiger partial charge is 0.393 e. The second-order valence-corrected chi connectivity index (χ2v) is 4.57. The molecule has 2 atom stereocenters. The lowest BCUT2D eigenvalue weighted by molar-refractivity contribution is 0.131. The molecule has 0 spiro atoms. The van der Waals surface area contributed by atoms with E-state index in [2.05, 4.69) is 18.1 Å². The van der Waals surface area contributed by atoms with Gasteiger partial charge in [-0.1, -0.05) is 13.3 Å². The van der Waals surface area contributed by atoms with E-state index in [9.17, 15) is 5.11 Å². The molecule has 1 aromatic heterocycles. The quantitative estimate of drug-likeness (QED) is 0.820. The zero-order valence-electron chi connectivity index (χ0n) is 9.61. The minimum atomic E-state index is -0.0926. The molecule has 1 fully saturated rings. The molecule has 3 nitrogen and oxygen atoms in total.